The molecule has 0 aliphatic carbocycles. The van der Waals surface area contributed by atoms with Crippen molar-refractivity contribution in [3.05, 3.63) is 19.2 Å². The second-order valence-corrected chi connectivity index (χ2v) is 7.63. The molecule has 1 unspecified atom stereocenters. The van der Waals surface area contributed by atoms with Crippen LogP contribution in [0.15, 0.2) is 13.6 Å². The summed E-state index contributed by atoms with van der Waals surface area (Å²) < 4.78 is 2.49. The molecule has 1 heterocycles. The predicted octanol–water partition coefficient (Wildman–Crippen LogP) is 4.45. The van der Waals surface area contributed by atoms with Crippen molar-refractivity contribution in [2.24, 2.45) is 5.92 Å². The lowest BCUT2D eigenvalue weighted by molar-refractivity contribution is 0.482. The van der Waals surface area contributed by atoms with Crippen LogP contribution in [0.1, 0.15) is 25.3 Å². The average molecular weight is 355 g/mol. The smallest absolute Gasteiger partial charge is 0.0742 e. The van der Waals surface area contributed by atoms with Crippen LogP contribution in [0.4, 0.5) is 0 Å². The monoisotopic (exact) mass is 353 g/mol. The molecule has 0 aliphatic rings. The zero-order valence-corrected chi connectivity index (χ0v) is 13.1. The van der Waals surface area contributed by atoms with Gasteiger partial charge < -0.3 is 5.32 Å². The zero-order chi connectivity index (χ0) is 11.3. The van der Waals surface area contributed by atoms with Crippen LogP contribution in [0.2, 0.25) is 0 Å². The van der Waals surface area contributed by atoms with Gasteiger partial charge in [0.25, 0.3) is 0 Å². The summed E-state index contributed by atoms with van der Waals surface area (Å²) in [6.45, 7) is 3.45. The highest BCUT2D eigenvalue weighted by Gasteiger charge is 2.07. The largest absolute Gasteiger partial charge is 0.320 e. The summed E-state index contributed by atoms with van der Waals surface area (Å²) in [5.41, 5.74) is 1.43. The van der Waals surface area contributed by atoms with Crippen molar-refractivity contribution in [2.45, 2.75) is 26.2 Å². The van der Waals surface area contributed by atoms with Gasteiger partial charge in [-0.25, -0.2) is 0 Å². The van der Waals surface area contributed by atoms with Crippen molar-refractivity contribution in [1.29, 1.82) is 0 Å². The summed E-state index contributed by atoms with van der Waals surface area (Å²) in [6.07, 6.45) is 3.70. The van der Waals surface area contributed by atoms with Gasteiger partial charge in [-0.2, -0.15) is 0 Å². The maximum atomic E-state index is 3.60. The van der Waals surface area contributed by atoms with Crippen LogP contribution in [-0.2, 0) is 6.42 Å². The minimum absolute atomic E-state index is 0.794. The van der Waals surface area contributed by atoms with E-state index in [4.69, 9.17) is 0 Å². The van der Waals surface area contributed by atoms with E-state index in [2.05, 4.69) is 50.2 Å². The minimum atomic E-state index is 0.794. The molecule has 1 aromatic rings. The number of thiophene rings is 1. The highest BCUT2D eigenvalue weighted by molar-refractivity contribution is 9.12. The van der Waals surface area contributed by atoms with E-state index < -0.39 is 0 Å². The van der Waals surface area contributed by atoms with Gasteiger partial charge in [0.15, 0.2) is 0 Å². The zero-order valence-electron chi connectivity index (χ0n) is 9.15. The summed E-state index contributed by atoms with van der Waals surface area (Å²) in [5.74, 6) is 0.794. The van der Waals surface area contributed by atoms with Crippen LogP contribution >= 0.6 is 43.2 Å². The SMILES string of the molecule is CNCCC(C)CCc1cc(Br)sc1Br. The molecule has 1 N–H and O–H groups in total. The Morgan fingerprint density at radius 2 is 2.13 bits per heavy atom. The Balaban J connectivity index is 2.33. The molecule has 4 heteroatoms. The molecule has 0 radical (unpaired) electrons. The lowest BCUT2D eigenvalue weighted by atomic mass is 10.00. The van der Waals surface area contributed by atoms with Crippen molar-refractivity contribution in [3.63, 3.8) is 0 Å². The van der Waals surface area contributed by atoms with Gasteiger partial charge in [-0.15, -0.1) is 11.3 Å². The van der Waals surface area contributed by atoms with Crippen LogP contribution in [0, 0.1) is 5.92 Å². The first-order valence-corrected chi connectivity index (χ1v) is 7.62. The highest BCUT2D eigenvalue weighted by Crippen LogP contribution is 2.33. The maximum absolute atomic E-state index is 3.60. The molecule has 0 bridgehead atoms. The molecule has 1 rings (SSSR count). The fourth-order valence-corrected chi connectivity index (χ4v) is 4.40. The quantitative estimate of drug-likeness (QED) is 0.795. The molecule has 86 valence electrons. The second kappa shape index (κ2) is 7.05. The van der Waals surface area contributed by atoms with Crippen molar-refractivity contribution >= 4 is 43.2 Å². The lowest BCUT2D eigenvalue weighted by Crippen LogP contribution is -2.11. The molecule has 0 amide bonds. The first kappa shape index (κ1) is 13.7. The molecule has 0 saturated heterocycles. The van der Waals surface area contributed by atoms with E-state index in [1.165, 1.54) is 32.4 Å². The van der Waals surface area contributed by atoms with E-state index in [1.54, 1.807) is 11.3 Å². The standard InChI is InChI=1S/C11H17Br2NS/c1-8(5-6-14-2)3-4-9-7-10(12)15-11(9)13/h7-8,14H,3-6H2,1-2H3. The fraction of sp³-hybridized carbons (Fsp3) is 0.636. The molecule has 0 saturated carbocycles. The van der Waals surface area contributed by atoms with Gasteiger partial charge in [-0.05, 0) is 82.3 Å². The third-order valence-corrected chi connectivity index (χ3v) is 4.98. The highest BCUT2D eigenvalue weighted by atomic mass is 79.9. The van der Waals surface area contributed by atoms with Gasteiger partial charge in [0.1, 0.15) is 0 Å². The van der Waals surface area contributed by atoms with Gasteiger partial charge >= 0.3 is 0 Å². The average Bonchev–Trinajstić information content (AvgIpc) is 2.51. The Morgan fingerprint density at radius 3 is 2.67 bits per heavy atom. The molecular formula is C11H17Br2NS. The maximum Gasteiger partial charge on any atom is 0.0742 e. The van der Waals surface area contributed by atoms with E-state index >= 15 is 0 Å². The first-order chi connectivity index (χ1) is 7.13. The number of hydrogen-bond donors (Lipinski definition) is 1. The van der Waals surface area contributed by atoms with Gasteiger partial charge in [0.2, 0.25) is 0 Å². The molecule has 15 heavy (non-hydrogen) atoms. The van der Waals surface area contributed by atoms with E-state index in [0.29, 0.717) is 0 Å². The fourth-order valence-electron chi connectivity index (χ4n) is 1.48. The van der Waals surface area contributed by atoms with Crippen LogP contribution in [0.3, 0.4) is 0 Å². The number of aryl methyl sites for hydroxylation is 1. The lowest BCUT2D eigenvalue weighted by Gasteiger charge is -2.10. The van der Waals surface area contributed by atoms with E-state index in [0.717, 1.165) is 12.5 Å². The molecule has 0 spiro atoms. The van der Waals surface area contributed by atoms with Crippen molar-refractivity contribution < 1.29 is 0 Å². The summed E-state index contributed by atoms with van der Waals surface area (Å²) in [5, 5.41) is 3.20. The third-order valence-electron chi connectivity index (χ3n) is 2.52. The molecule has 0 aliphatic heterocycles. The summed E-state index contributed by atoms with van der Waals surface area (Å²) in [4.78, 5) is 0. The Hall–Kier alpha value is 0.620. The van der Waals surface area contributed by atoms with Gasteiger partial charge in [0, 0.05) is 0 Å². The number of halogens is 2. The first-order valence-electron chi connectivity index (χ1n) is 5.21. The van der Waals surface area contributed by atoms with E-state index in [9.17, 15) is 0 Å². The Kier molecular flexibility index (Phi) is 6.43. The Labute approximate surface area is 113 Å². The third kappa shape index (κ3) is 4.98. The Morgan fingerprint density at radius 1 is 1.40 bits per heavy atom. The van der Waals surface area contributed by atoms with Crippen molar-refractivity contribution in [2.75, 3.05) is 13.6 Å². The van der Waals surface area contributed by atoms with Gasteiger partial charge in [-0.3, -0.25) is 0 Å². The molecule has 1 aromatic heterocycles. The van der Waals surface area contributed by atoms with Crippen LogP contribution in [0.5, 0.6) is 0 Å². The minimum Gasteiger partial charge on any atom is -0.320 e. The normalized spacial score (nSPS) is 13.1. The molecule has 1 atom stereocenters. The summed E-state index contributed by atoms with van der Waals surface area (Å²) in [7, 11) is 2.01. The molecule has 0 fully saturated rings. The molecular weight excluding hydrogens is 338 g/mol. The molecule has 1 nitrogen and oxygen atoms in total. The second-order valence-electron chi connectivity index (χ2n) is 3.89. The van der Waals surface area contributed by atoms with E-state index in [1.807, 2.05) is 7.05 Å². The van der Waals surface area contributed by atoms with Gasteiger partial charge in [-0.1, -0.05) is 6.92 Å². The summed E-state index contributed by atoms with van der Waals surface area (Å²) >= 11 is 8.87. The van der Waals surface area contributed by atoms with Crippen LogP contribution < -0.4 is 5.32 Å². The number of rotatable bonds is 6. The number of nitrogens with one attached hydrogen (secondary N) is 1. The summed E-state index contributed by atoms with van der Waals surface area (Å²) in [6, 6.07) is 2.22. The predicted molar refractivity (Wildman–Crippen MR) is 75.7 cm³/mol. The molecule has 0 aromatic carbocycles. The van der Waals surface area contributed by atoms with Gasteiger partial charge in [0.05, 0.1) is 7.57 Å². The topological polar surface area (TPSA) is 12.0 Å². The van der Waals surface area contributed by atoms with Crippen LogP contribution in [0.25, 0.3) is 0 Å². The van der Waals surface area contributed by atoms with E-state index in [-0.39, 0.29) is 0 Å². The number of hydrogen-bond acceptors (Lipinski definition) is 2. The Bertz CT molecular complexity index is 299. The van der Waals surface area contributed by atoms with Crippen LogP contribution in [-0.4, -0.2) is 13.6 Å². The van der Waals surface area contributed by atoms with Crippen molar-refractivity contribution in [3.8, 4) is 0 Å². The van der Waals surface area contributed by atoms with Crippen molar-refractivity contribution in [1.82, 2.24) is 5.32 Å².